The van der Waals surface area contributed by atoms with Gasteiger partial charge in [0.1, 0.15) is 5.56 Å². The fourth-order valence-corrected chi connectivity index (χ4v) is 2.17. The van der Waals surface area contributed by atoms with Crippen molar-refractivity contribution in [1.82, 2.24) is 9.78 Å². The van der Waals surface area contributed by atoms with Gasteiger partial charge in [-0.1, -0.05) is 45.0 Å². The molecule has 106 valence electrons. The minimum atomic E-state index is -0.925. The lowest BCUT2D eigenvalue weighted by Gasteiger charge is -2.16. The number of aromatic carboxylic acids is 1. The molecule has 0 aliphatic carbocycles. The summed E-state index contributed by atoms with van der Waals surface area (Å²) in [6.07, 6.45) is 1.62. The lowest BCUT2D eigenvalue weighted by atomic mass is 9.90. The van der Waals surface area contributed by atoms with E-state index in [-0.39, 0.29) is 11.0 Å². The average molecular weight is 272 g/mol. The van der Waals surface area contributed by atoms with E-state index in [1.807, 2.05) is 52.0 Å². The van der Waals surface area contributed by atoms with Crippen molar-refractivity contribution in [2.24, 2.45) is 0 Å². The smallest absolute Gasteiger partial charge is 0.339 e. The summed E-state index contributed by atoms with van der Waals surface area (Å²) in [7, 11) is 0. The number of carboxylic acids is 1. The Balaban J connectivity index is 2.40. The zero-order valence-electron chi connectivity index (χ0n) is 12.3. The summed E-state index contributed by atoms with van der Waals surface area (Å²) >= 11 is 0. The standard InChI is InChI=1S/C16H20N2O2/c1-11-7-5-6-8-12(11)9-18-10-13(15(19)20)14(17-18)16(2,3)4/h5-8,10H,9H2,1-4H3,(H,19,20). The first-order valence-electron chi connectivity index (χ1n) is 6.65. The van der Waals surface area contributed by atoms with Crippen molar-refractivity contribution in [3.63, 3.8) is 0 Å². The molecule has 0 aliphatic heterocycles. The van der Waals surface area contributed by atoms with Gasteiger partial charge >= 0.3 is 5.97 Å². The van der Waals surface area contributed by atoms with Crippen molar-refractivity contribution in [1.29, 1.82) is 0 Å². The molecule has 1 aromatic carbocycles. The third-order valence-electron chi connectivity index (χ3n) is 3.30. The topological polar surface area (TPSA) is 55.1 Å². The molecule has 0 aliphatic rings. The van der Waals surface area contributed by atoms with Crippen molar-refractivity contribution in [2.75, 3.05) is 0 Å². The highest BCUT2D eigenvalue weighted by molar-refractivity contribution is 5.89. The third-order valence-corrected chi connectivity index (χ3v) is 3.30. The van der Waals surface area contributed by atoms with Crippen molar-refractivity contribution in [2.45, 2.75) is 39.7 Å². The van der Waals surface area contributed by atoms with Gasteiger partial charge in [-0.3, -0.25) is 4.68 Å². The Morgan fingerprint density at radius 3 is 2.45 bits per heavy atom. The number of carbonyl (C=O) groups is 1. The normalized spacial score (nSPS) is 11.6. The predicted octanol–water partition coefficient (Wildman–Crippen LogP) is 3.24. The molecule has 20 heavy (non-hydrogen) atoms. The Morgan fingerprint density at radius 2 is 1.95 bits per heavy atom. The van der Waals surface area contributed by atoms with E-state index in [2.05, 4.69) is 5.10 Å². The zero-order valence-corrected chi connectivity index (χ0v) is 12.3. The van der Waals surface area contributed by atoms with Crippen LogP contribution in [0.1, 0.15) is 48.0 Å². The summed E-state index contributed by atoms with van der Waals surface area (Å²) < 4.78 is 1.71. The van der Waals surface area contributed by atoms with E-state index in [4.69, 9.17) is 0 Å². The molecule has 2 rings (SSSR count). The highest BCUT2D eigenvalue weighted by Crippen LogP contribution is 2.24. The van der Waals surface area contributed by atoms with Gasteiger partial charge < -0.3 is 5.11 Å². The molecule has 4 nitrogen and oxygen atoms in total. The highest BCUT2D eigenvalue weighted by Gasteiger charge is 2.25. The SMILES string of the molecule is Cc1ccccc1Cn1cc(C(=O)O)c(C(C)(C)C)n1. The summed E-state index contributed by atoms with van der Waals surface area (Å²) in [6, 6.07) is 8.05. The van der Waals surface area contributed by atoms with Crippen LogP contribution in [0, 0.1) is 6.92 Å². The first kappa shape index (κ1) is 14.3. The number of aromatic nitrogens is 2. The second kappa shape index (κ2) is 5.12. The molecule has 1 N–H and O–H groups in total. The van der Waals surface area contributed by atoms with Gasteiger partial charge in [-0.05, 0) is 18.1 Å². The number of benzene rings is 1. The van der Waals surface area contributed by atoms with Gasteiger partial charge in [-0.15, -0.1) is 0 Å². The third kappa shape index (κ3) is 2.90. The lowest BCUT2D eigenvalue weighted by Crippen LogP contribution is -2.16. The average Bonchev–Trinajstić information content (AvgIpc) is 2.76. The van der Waals surface area contributed by atoms with E-state index in [9.17, 15) is 9.90 Å². The molecule has 2 aromatic rings. The fraction of sp³-hybridized carbons (Fsp3) is 0.375. The number of rotatable bonds is 3. The molecule has 1 heterocycles. The Bertz CT molecular complexity index is 636. The maximum Gasteiger partial charge on any atom is 0.339 e. The Labute approximate surface area is 119 Å². The van der Waals surface area contributed by atoms with E-state index >= 15 is 0 Å². The van der Waals surface area contributed by atoms with Crippen LogP contribution < -0.4 is 0 Å². The maximum atomic E-state index is 11.3. The monoisotopic (exact) mass is 272 g/mol. The van der Waals surface area contributed by atoms with Gasteiger partial charge in [0.2, 0.25) is 0 Å². The molecule has 0 saturated heterocycles. The lowest BCUT2D eigenvalue weighted by molar-refractivity contribution is 0.0694. The zero-order chi connectivity index (χ0) is 14.9. The molecule has 0 atom stereocenters. The molecule has 0 saturated carbocycles. The first-order chi connectivity index (χ1) is 9.29. The largest absolute Gasteiger partial charge is 0.478 e. The first-order valence-corrected chi connectivity index (χ1v) is 6.65. The van der Waals surface area contributed by atoms with Crippen LogP contribution in [0.5, 0.6) is 0 Å². The van der Waals surface area contributed by atoms with E-state index in [0.717, 1.165) is 5.56 Å². The molecular weight excluding hydrogens is 252 g/mol. The molecule has 4 heteroatoms. The van der Waals surface area contributed by atoms with Gasteiger partial charge in [0.05, 0.1) is 12.2 Å². The van der Waals surface area contributed by atoms with E-state index in [1.54, 1.807) is 10.9 Å². The van der Waals surface area contributed by atoms with Crippen molar-refractivity contribution < 1.29 is 9.90 Å². The summed E-state index contributed by atoms with van der Waals surface area (Å²) in [5, 5.41) is 13.8. The summed E-state index contributed by atoms with van der Waals surface area (Å²) in [5.74, 6) is -0.925. The molecule has 0 amide bonds. The Morgan fingerprint density at radius 1 is 1.30 bits per heavy atom. The molecule has 0 bridgehead atoms. The molecule has 1 aromatic heterocycles. The minimum absolute atomic E-state index is 0.283. The fourth-order valence-electron chi connectivity index (χ4n) is 2.17. The summed E-state index contributed by atoms with van der Waals surface area (Å²) in [4.78, 5) is 11.3. The Hall–Kier alpha value is -2.10. The molecule has 0 spiro atoms. The van der Waals surface area contributed by atoms with Crippen LogP contribution >= 0.6 is 0 Å². The Kier molecular flexibility index (Phi) is 3.66. The van der Waals surface area contributed by atoms with Crippen LogP contribution in [0.15, 0.2) is 30.5 Å². The van der Waals surface area contributed by atoms with Gasteiger partial charge in [-0.2, -0.15) is 5.10 Å². The molecule has 0 radical (unpaired) electrons. The van der Waals surface area contributed by atoms with Crippen molar-refractivity contribution in [3.05, 3.63) is 52.8 Å². The van der Waals surface area contributed by atoms with E-state index in [1.165, 1.54) is 5.56 Å². The van der Waals surface area contributed by atoms with Crippen LogP contribution in [-0.2, 0) is 12.0 Å². The maximum absolute atomic E-state index is 11.3. The van der Waals surface area contributed by atoms with Gasteiger partial charge in [0.25, 0.3) is 0 Å². The molecular formula is C16H20N2O2. The number of aryl methyl sites for hydroxylation is 1. The van der Waals surface area contributed by atoms with Crippen LogP contribution in [0.4, 0.5) is 0 Å². The van der Waals surface area contributed by atoms with Crippen LogP contribution in [0.25, 0.3) is 0 Å². The van der Waals surface area contributed by atoms with E-state index < -0.39 is 5.97 Å². The van der Waals surface area contributed by atoms with Crippen molar-refractivity contribution >= 4 is 5.97 Å². The van der Waals surface area contributed by atoms with Crippen molar-refractivity contribution in [3.8, 4) is 0 Å². The van der Waals surface area contributed by atoms with Gasteiger partial charge in [0.15, 0.2) is 0 Å². The van der Waals surface area contributed by atoms with Crippen LogP contribution in [0.3, 0.4) is 0 Å². The van der Waals surface area contributed by atoms with E-state index in [0.29, 0.717) is 12.2 Å². The van der Waals surface area contributed by atoms with Gasteiger partial charge in [0, 0.05) is 11.6 Å². The number of nitrogens with zero attached hydrogens (tertiary/aromatic N) is 2. The molecule has 0 unspecified atom stereocenters. The summed E-state index contributed by atoms with van der Waals surface area (Å²) in [5.41, 5.74) is 2.94. The second-order valence-electron chi connectivity index (χ2n) is 6.07. The summed E-state index contributed by atoms with van der Waals surface area (Å²) in [6.45, 7) is 8.55. The molecule has 0 fully saturated rings. The number of hydrogen-bond donors (Lipinski definition) is 1. The quantitative estimate of drug-likeness (QED) is 0.933. The van der Waals surface area contributed by atoms with Crippen LogP contribution in [0.2, 0.25) is 0 Å². The van der Waals surface area contributed by atoms with Gasteiger partial charge in [-0.25, -0.2) is 4.79 Å². The number of hydrogen-bond acceptors (Lipinski definition) is 2. The predicted molar refractivity (Wildman–Crippen MR) is 78.2 cm³/mol. The second-order valence-corrected chi connectivity index (χ2v) is 6.07. The minimum Gasteiger partial charge on any atom is -0.478 e. The number of carboxylic acid groups (broad SMARTS) is 1. The van der Waals surface area contributed by atoms with Crippen LogP contribution in [-0.4, -0.2) is 20.9 Å². The highest BCUT2D eigenvalue weighted by atomic mass is 16.4.